The molecule has 0 atom stereocenters. The molecule has 1 aliphatic carbocycles. The standard InChI is InChI=1S/C24H26N2O4/c1-17(27)30-22-12-5-9-19(15-22)24(29)26-21-11-6-10-20(16-21)25-23(28)14-13-18-7-3-2-4-8-18/h5-6,9-16,18H,2-4,7-8H2,1H3,(H,25,28)(H,26,29)/b14-13+. The lowest BCUT2D eigenvalue weighted by Crippen LogP contribution is -2.13. The molecular weight excluding hydrogens is 380 g/mol. The van der Waals surface area contributed by atoms with Crippen LogP contribution in [0, 0.1) is 5.92 Å². The van der Waals surface area contributed by atoms with E-state index in [1.807, 2.05) is 6.08 Å². The zero-order valence-corrected chi connectivity index (χ0v) is 17.0. The molecule has 0 radical (unpaired) electrons. The van der Waals surface area contributed by atoms with Gasteiger partial charge in [0.25, 0.3) is 5.91 Å². The lowest BCUT2D eigenvalue weighted by Gasteiger charge is -2.17. The lowest BCUT2D eigenvalue weighted by molar-refractivity contribution is -0.131. The van der Waals surface area contributed by atoms with Crippen molar-refractivity contribution in [2.24, 2.45) is 5.92 Å². The van der Waals surface area contributed by atoms with Gasteiger partial charge in [-0.3, -0.25) is 14.4 Å². The quantitative estimate of drug-likeness (QED) is 0.404. The van der Waals surface area contributed by atoms with Gasteiger partial charge in [0.2, 0.25) is 5.91 Å². The van der Waals surface area contributed by atoms with E-state index in [1.54, 1.807) is 48.5 Å². The largest absolute Gasteiger partial charge is 0.427 e. The van der Waals surface area contributed by atoms with Gasteiger partial charge in [-0.05, 0) is 61.2 Å². The minimum atomic E-state index is -0.450. The van der Waals surface area contributed by atoms with E-state index in [9.17, 15) is 14.4 Å². The number of carbonyl (C=O) groups is 3. The van der Waals surface area contributed by atoms with Crippen LogP contribution in [-0.2, 0) is 9.59 Å². The van der Waals surface area contributed by atoms with E-state index in [-0.39, 0.29) is 11.8 Å². The van der Waals surface area contributed by atoms with Crippen molar-refractivity contribution in [2.45, 2.75) is 39.0 Å². The van der Waals surface area contributed by atoms with Gasteiger partial charge in [-0.15, -0.1) is 0 Å². The first-order chi connectivity index (χ1) is 14.5. The number of anilines is 2. The van der Waals surface area contributed by atoms with E-state index in [0.29, 0.717) is 28.6 Å². The van der Waals surface area contributed by atoms with Crippen LogP contribution >= 0.6 is 0 Å². The molecule has 0 unspecified atom stereocenters. The molecule has 2 amide bonds. The van der Waals surface area contributed by atoms with Crippen LogP contribution in [0.1, 0.15) is 49.4 Å². The number of allylic oxidation sites excluding steroid dienone is 1. The van der Waals surface area contributed by atoms with Crippen molar-refractivity contribution in [1.29, 1.82) is 0 Å². The van der Waals surface area contributed by atoms with Crippen LogP contribution in [0.3, 0.4) is 0 Å². The SMILES string of the molecule is CC(=O)Oc1cccc(C(=O)Nc2cccc(NC(=O)/C=C/C3CCCCC3)c2)c1. The summed E-state index contributed by atoms with van der Waals surface area (Å²) in [6.45, 7) is 1.30. The molecule has 0 aliphatic heterocycles. The van der Waals surface area contributed by atoms with Gasteiger partial charge in [-0.25, -0.2) is 0 Å². The molecule has 2 N–H and O–H groups in total. The Morgan fingerprint density at radius 2 is 1.63 bits per heavy atom. The maximum absolute atomic E-state index is 12.5. The molecular formula is C24H26N2O4. The van der Waals surface area contributed by atoms with Gasteiger partial charge < -0.3 is 15.4 Å². The van der Waals surface area contributed by atoms with Crippen molar-refractivity contribution in [3.8, 4) is 5.75 Å². The van der Waals surface area contributed by atoms with Crippen LogP contribution in [0.2, 0.25) is 0 Å². The molecule has 3 rings (SSSR count). The third-order valence-electron chi connectivity index (χ3n) is 4.92. The molecule has 0 aromatic heterocycles. The first-order valence-electron chi connectivity index (χ1n) is 10.2. The second kappa shape index (κ2) is 10.4. The molecule has 0 spiro atoms. The van der Waals surface area contributed by atoms with Gasteiger partial charge in [-0.2, -0.15) is 0 Å². The third-order valence-corrected chi connectivity index (χ3v) is 4.92. The Hall–Kier alpha value is -3.41. The highest BCUT2D eigenvalue weighted by Crippen LogP contribution is 2.24. The number of esters is 1. The maximum Gasteiger partial charge on any atom is 0.308 e. The first-order valence-corrected chi connectivity index (χ1v) is 10.2. The van der Waals surface area contributed by atoms with Crippen LogP contribution in [0.15, 0.2) is 60.7 Å². The molecule has 6 heteroatoms. The molecule has 0 bridgehead atoms. The van der Waals surface area contributed by atoms with E-state index >= 15 is 0 Å². The fourth-order valence-electron chi connectivity index (χ4n) is 3.48. The number of ether oxygens (including phenoxy) is 1. The van der Waals surface area contributed by atoms with Gasteiger partial charge in [0.1, 0.15) is 5.75 Å². The summed E-state index contributed by atoms with van der Waals surface area (Å²) >= 11 is 0. The Labute approximate surface area is 176 Å². The van der Waals surface area contributed by atoms with Crippen LogP contribution in [-0.4, -0.2) is 17.8 Å². The maximum atomic E-state index is 12.5. The first kappa shape index (κ1) is 21.3. The fraction of sp³-hybridized carbons (Fsp3) is 0.292. The number of benzene rings is 2. The Kier molecular flexibility index (Phi) is 7.38. The van der Waals surface area contributed by atoms with Crippen molar-refractivity contribution in [1.82, 2.24) is 0 Å². The van der Waals surface area contributed by atoms with Gasteiger partial charge in [0.05, 0.1) is 0 Å². The topological polar surface area (TPSA) is 84.5 Å². The summed E-state index contributed by atoms with van der Waals surface area (Å²) in [4.78, 5) is 35.8. The summed E-state index contributed by atoms with van der Waals surface area (Å²) in [5.41, 5.74) is 1.50. The zero-order valence-electron chi connectivity index (χ0n) is 17.0. The predicted molar refractivity (Wildman–Crippen MR) is 116 cm³/mol. The molecule has 1 saturated carbocycles. The summed E-state index contributed by atoms with van der Waals surface area (Å²) in [6, 6.07) is 13.3. The highest BCUT2D eigenvalue weighted by Gasteiger charge is 2.11. The van der Waals surface area contributed by atoms with Crippen molar-refractivity contribution in [3.05, 3.63) is 66.2 Å². The van der Waals surface area contributed by atoms with E-state index in [0.717, 1.165) is 12.8 Å². The number of carbonyl (C=O) groups excluding carboxylic acids is 3. The molecule has 30 heavy (non-hydrogen) atoms. The molecule has 0 saturated heterocycles. The van der Waals surface area contributed by atoms with Crippen LogP contribution in [0.5, 0.6) is 5.75 Å². The monoisotopic (exact) mass is 406 g/mol. The molecule has 6 nitrogen and oxygen atoms in total. The molecule has 2 aromatic carbocycles. The van der Waals surface area contributed by atoms with Gasteiger partial charge in [0.15, 0.2) is 0 Å². The van der Waals surface area contributed by atoms with Gasteiger partial charge >= 0.3 is 5.97 Å². The average molecular weight is 406 g/mol. The Morgan fingerprint density at radius 3 is 2.37 bits per heavy atom. The van der Waals surface area contributed by atoms with E-state index in [4.69, 9.17) is 4.74 Å². The highest BCUT2D eigenvalue weighted by molar-refractivity contribution is 6.05. The minimum Gasteiger partial charge on any atom is -0.427 e. The predicted octanol–water partition coefficient (Wildman–Crippen LogP) is 4.94. The van der Waals surface area contributed by atoms with Crippen LogP contribution in [0.25, 0.3) is 0 Å². The molecule has 2 aromatic rings. The van der Waals surface area contributed by atoms with Crippen molar-refractivity contribution < 1.29 is 19.1 Å². The summed E-state index contributed by atoms with van der Waals surface area (Å²) < 4.78 is 5.01. The average Bonchev–Trinajstić information content (AvgIpc) is 2.73. The van der Waals surface area contributed by atoms with E-state index in [2.05, 4.69) is 10.6 Å². The highest BCUT2D eigenvalue weighted by atomic mass is 16.5. The number of hydrogen-bond donors (Lipinski definition) is 2. The Morgan fingerprint density at radius 1 is 0.933 bits per heavy atom. The van der Waals surface area contributed by atoms with Crippen LogP contribution in [0.4, 0.5) is 11.4 Å². The van der Waals surface area contributed by atoms with Gasteiger partial charge in [0, 0.05) is 23.9 Å². The molecule has 1 aliphatic rings. The zero-order chi connectivity index (χ0) is 21.3. The third kappa shape index (κ3) is 6.58. The number of hydrogen-bond acceptors (Lipinski definition) is 4. The van der Waals surface area contributed by atoms with Crippen molar-refractivity contribution in [3.63, 3.8) is 0 Å². The van der Waals surface area contributed by atoms with Crippen molar-refractivity contribution >= 4 is 29.2 Å². The van der Waals surface area contributed by atoms with E-state index < -0.39 is 5.97 Å². The second-order valence-corrected chi connectivity index (χ2v) is 7.40. The van der Waals surface area contributed by atoms with Crippen molar-refractivity contribution in [2.75, 3.05) is 10.6 Å². The minimum absolute atomic E-state index is 0.182. The summed E-state index contributed by atoms with van der Waals surface area (Å²) in [6.07, 6.45) is 9.61. The summed E-state index contributed by atoms with van der Waals surface area (Å²) in [5.74, 6) is -0.185. The number of rotatable bonds is 6. The number of amides is 2. The number of nitrogens with one attached hydrogen (secondary N) is 2. The Bertz CT molecular complexity index is 946. The molecule has 0 heterocycles. The molecule has 1 fully saturated rings. The summed E-state index contributed by atoms with van der Waals surface area (Å²) in [5, 5.41) is 5.62. The lowest BCUT2D eigenvalue weighted by atomic mass is 9.89. The second-order valence-electron chi connectivity index (χ2n) is 7.40. The summed E-state index contributed by atoms with van der Waals surface area (Å²) in [7, 11) is 0. The fourth-order valence-corrected chi connectivity index (χ4v) is 3.48. The van der Waals surface area contributed by atoms with E-state index in [1.165, 1.54) is 32.3 Å². The molecule has 156 valence electrons. The normalized spacial score (nSPS) is 14.3. The smallest absolute Gasteiger partial charge is 0.308 e. The van der Waals surface area contributed by atoms with Gasteiger partial charge in [-0.1, -0.05) is 37.5 Å². The Balaban J connectivity index is 1.59. The van der Waals surface area contributed by atoms with Crippen LogP contribution < -0.4 is 15.4 Å².